The maximum Gasteiger partial charge on any atom is 0.242 e. The van der Waals surface area contributed by atoms with E-state index in [0.717, 1.165) is 26.1 Å². The summed E-state index contributed by atoms with van der Waals surface area (Å²) in [4.78, 5) is 17.3. The minimum atomic E-state index is -0.838. The molecule has 0 aromatic heterocycles. The highest BCUT2D eigenvalue weighted by atomic mass is 16.2. The fourth-order valence-electron chi connectivity index (χ4n) is 3.13. The summed E-state index contributed by atoms with van der Waals surface area (Å²) >= 11 is 0. The van der Waals surface area contributed by atoms with E-state index in [-0.39, 0.29) is 17.5 Å². The van der Waals surface area contributed by atoms with Crippen molar-refractivity contribution in [1.82, 2.24) is 9.80 Å². The standard InChI is InChI=1S/C19H31N3O/c1-6-18(2,3)21-12-13-22(17(23)19(4,5)20)16(14-21)15-10-8-7-9-11-15/h7-11,16H,6,12-14,20H2,1-5H3. The molecule has 1 aromatic rings. The van der Waals surface area contributed by atoms with E-state index in [9.17, 15) is 4.79 Å². The van der Waals surface area contributed by atoms with Gasteiger partial charge in [-0.05, 0) is 39.7 Å². The third-order valence-electron chi connectivity index (χ3n) is 5.10. The van der Waals surface area contributed by atoms with Crippen LogP contribution in [0.4, 0.5) is 0 Å². The molecule has 1 atom stereocenters. The van der Waals surface area contributed by atoms with Crippen molar-refractivity contribution >= 4 is 5.91 Å². The minimum absolute atomic E-state index is 0.0281. The summed E-state index contributed by atoms with van der Waals surface area (Å²) < 4.78 is 0. The summed E-state index contributed by atoms with van der Waals surface area (Å²) in [7, 11) is 0. The Morgan fingerprint density at radius 1 is 1.17 bits per heavy atom. The molecule has 0 saturated carbocycles. The highest BCUT2D eigenvalue weighted by Crippen LogP contribution is 2.31. The van der Waals surface area contributed by atoms with Crippen LogP contribution in [0.25, 0.3) is 0 Å². The van der Waals surface area contributed by atoms with Crippen molar-refractivity contribution in [2.75, 3.05) is 19.6 Å². The number of carbonyl (C=O) groups excluding carboxylic acids is 1. The fraction of sp³-hybridized carbons (Fsp3) is 0.632. The van der Waals surface area contributed by atoms with E-state index in [1.54, 1.807) is 13.8 Å². The zero-order valence-corrected chi connectivity index (χ0v) is 15.2. The van der Waals surface area contributed by atoms with E-state index in [4.69, 9.17) is 5.73 Å². The summed E-state index contributed by atoms with van der Waals surface area (Å²) in [5, 5.41) is 0. The van der Waals surface area contributed by atoms with Gasteiger partial charge in [0.1, 0.15) is 0 Å². The molecule has 4 nitrogen and oxygen atoms in total. The maximum absolute atomic E-state index is 12.8. The smallest absolute Gasteiger partial charge is 0.242 e. The highest BCUT2D eigenvalue weighted by molar-refractivity contribution is 5.85. The molecule has 1 aromatic carbocycles. The lowest BCUT2D eigenvalue weighted by Gasteiger charge is -2.49. The van der Waals surface area contributed by atoms with E-state index in [2.05, 4.69) is 37.8 Å². The van der Waals surface area contributed by atoms with Gasteiger partial charge >= 0.3 is 0 Å². The molecule has 2 rings (SSSR count). The predicted molar refractivity (Wildman–Crippen MR) is 95.1 cm³/mol. The second kappa shape index (κ2) is 6.62. The van der Waals surface area contributed by atoms with Crippen molar-refractivity contribution in [1.29, 1.82) is 0 Å². The van der Waals surface area contributed by atoms with Gasteiger partial charge in [0, 0.05) is 25.2 Å². The van der Waals surface area contributed by atoms with Crippen LogP contribution < -0.4 is 5.73 Å². The predicted octanol–water partition coefficient (Wildman–Crippen LogP) is 2.80. The Kier molecular flexibility index (Phi) is 5.17. The topological polar surface area (TPSA) is 49.6 Å². The Bertz CT molecular complexity index is 533. The Hall–Kier alpha value is -1.39. The van der Waals surface area contributed by atoms with Crippen LogP contribution in [-0.4, -0.2) is 46.4 Å². The van der Waals surface area contributed by atoms with E-state index in [0.29, 0.717) is 0 Å². The first-order valence-corrected chi connectivity index (χ1v) is 8.57. The van der Waals surface area contributed by atoms with Crippen LogP contribution in [-0.2, 0) is 4.79 Å². The van der Waals surface area contributed by atoms with E-state index >= 15 is 0 Å². The van der Waals surface area contributed by atoms with Gasteiger partial charge in [-0.15, -0.1) is 0 Å². The molecule has 1 heterocycles. The molecular formula is C19H31N3O. The Morgan fingerprint density at radius 3 is 2.30 bits per heavy atom. The van der Waals surface area contributed by atoms with Crippen molar-refractivity contribution in [3.8, 4) is 0 Å². The number of amides is 1. The molecule has 2 N–H and O–H groups in total. The van der Waals surface area contributed by atoms with Crippen molar-refractivity contribution in [3.63, 3.8) is 0 Å². The third-order valence-corrected chi connectivity index (χ3v) is 5.10. The quantitative estimate of drug-likeness (QED) is 0.929. The summed E-state index contributed by atoms with van der Waals surface area (Å²) in [6, 6.07) is 10.4. The molecule has 1 amide bonds. The van der Waals surface area contributed by atoms with Crippen molar-refractivity contribution in [2.24, 2.45) is 5.73 Å². The van der Waals surface area contributed by atoms with Crippen molar-refractivity contribution < 1.29 is 4.79 Å². The molecule has 0 radical (unpaired) electrons. The Morgan fingerprint density at radius 2 is 1.78 bits per heavy atom. The zero-order valence-electron chi connectivity index (χ0n) is 15.2. The minimum Gasteiger partial charge on any atom is -0.331 e. The lowest BCUT2D eigenvalue weighted by Crippen LogP contribution is -2.61. The molecule has 1 aliphatic heterocycles. The van der Waals surface area contributed by atoms with E-state index < -0.39 is 5.54 Å². The summed E-state index contributed by atoms with van der Waals surface area (Å²) in [5.41, 5.74) is 6.58. The van der Waals surface area contributed by atoms with Gasteiger partial charge in [0.2, 0.25) is 5.91 Å². The zero-order chi connectivity index (χ0) is 17.3. The van der Waals surface area contributed by atoms with Crippen LogP contribution in [0.5, 0.6) is 0 Å². The highest BCUT2D eigenvalue weighted by Gasteiger charge is 2.39. The lowest BCUT2D eigenvalue weighted by molar-refractivity contribution is -0.142. The fourth-order valence-corrected chi connectivity index (χ4v) is 3.13. The normalized spacial score (nSPS) is 20.6. The molecule has 1 saturated heterocycles. The lowest BCUT2D eigenvalue weighted by atomic mass is 9.93. The number of piperazine rings is 1. The van der Waals surface area contributed by atoms with E-state index in [1.807, 2.05) is 23.1 Å². The molecule has 0 spiro atoms. The van der Waals surface area contributed by atoms with Gasteiger partial charge in [-0.2, -0.15) is 0 Å². The van der Waals surface area contributed by atoms with Gasteiger partial charge in [0.15, 0.2) is 0 Å². The number of nitrogens with two attached hydrogens (primary N) is 1. The van der Waals surface area contributed by atoms with Gasteiger partial charge in [-0.3, -0.25) is 9.69 Å². The molecule has 1 unspecified atom stereocenters. The van der Waals surface area contributed by atoms with Gasteiger partial charge in [0.25, 0.3) is 0 Å². The number of benzene rings is 1. The molecule has 1 fully saturated rings. The van der Waals surface area contributed by atoms with Gasteiger partial charge in [-0.25, -0.2) is 0 Å². The maximum atomic E-state index is 12.8. The van der Waals surface area contributed by atoms with E-state index in [1.165, 1.54) is 5.56 Å². The van der Waals surface area contributed by atoms with Gasteiger partial charge in [0.05, 0.1) is 11.6 Å². The average Bonchev–Trinajstić information content (AvgIpc) is 2.53. The molecule has 0 aliphatic carbocycles. The Labute approximate surface area is 140 Å². The largest absolute Gasteiger partial charge is 0.331 e. The van der Waals surface area contributed by atoms with Crippen LogP contribution >= 0.6 is 0 Å². The van der Waals surface area contributed by atoms with Gasteiger partial charge in [-0.1, -0.05) is 37.3 Å². The van der Waals surface area contributed by atoms with Crippen LogP contribution in [0, 0.1) is 0 Å². The molecule has 128 valence electrons. The van der Waals surface area contributed by atoms with Crippen LogP contribution in [0.15, 0.2) is 30.3 Å². The van der Waals surface area contributed by atoms with Crippen LogP contribution in [0.3, 0.4) is 0 Å². The van der Waals surface area contributed by atoms with Gasteiger partial charge < -0.3 is 10.6 Å². The first-order valence-electron chi connectivity index (χ1n) is 8.57. The summed E-state index contributed by atoms with van der Waals surface area (Å²) in [6.07, 6.45) is 1.09. The SMILES string of the molecule is CCC(C)(C)N1CCN(C(=O)C(C)(C)N)C(c2ccccc2)C1. The number of nitrogens with zero attached hydrogens (tertiary/aromatic N) is 2. The average molecular weight is 317 g/mol. The monoisotopic (exact) mass is 317 g/mol. The molecule has 23 heavy (non-hydrogen) atoms. The summed E-state index contributed by atoms with van der Waals surface area (Å²) in [6.45, 7) is 12.8. The molecule has 0 bridgehead atoms. The van der Waals surface area contributed by atoms with Crippen LogP contribution in [0.2, 0.25) is 0 Å². The number of hydrogen-bond donors (Lipinski definition) is 1. The molecular weight excluding hydrogens is 286 g/mol. The molecule has 1 aliphatic rings. The number of carbonyl (C=O) groups is 1. The number of rotatable bonds is 4. The van der Waals surface area contributed by atoms with Crippen LogP contribution in [0.1, 0.15) is 52.6 Å². The second-order valence-electron chi connectivity index (χ2n) is 7.76. The molecule has 4 heteroatoms. The first kappa shape index (κ1) is 18.0. The Balaban J connectivity index is 2.32. The third kappa shape index (κ3) is 3.93. The van der Waals surface area contributed by atoms with Crippen molar-refractivity contribution in [2.45, 2.75) is 58.2 Å². The second-order valence-corrected chi connectivity index (χ2v) is 7.76. The van der Waals surface area contributed by atoms with Crippen molar-refractivity contribution in [3.05, 3.63) is 35.9 Å². The summed E-state index contributed by atoms with van der Waals surface area (Å²) in [5.74, 6) is 0.0281. The number of hydrogen-bond acceptors (Lipinski definition) is 3. The first-order chi connectivity index (χ1) is 10.7.